The van der Waals surface area contributed by atoms with Gasteiger partial charge in [-0.2, -0.15) is 0 Å². The molecule has 3 aromatic carbocycles. The molecule has 4 heteroatoms. The molecule has 4 nitrogen and oxygen atoms in total. The van der Waals surface area contributed by atoms with Gasteiger partial charge in [0.05, 0.1) is 6.54 Å². The minimum Gasteiger partial charge on any atom is -0.489 e. The zero-order valence-corrected chi connectivity index (χ0v) is 17.7. The lowest BCUT2D eigenvalue weighted by atomic mass is 9.84. The normalized spacial score (nSPS) is 11.1. The fourth-order valence-corrected chi connectivity index (χ4v) is 3.14. The summed E-state index contributed by atoms with van der Waals surface area (Å²) in [4.78, 5) is 12.2. The number of ether oxygens (including phenoxy) is 1. The Labute approximate surface area is 179 Å². The number of carbonyl (C=O) groups excluding carboxylic acids is 1. The third-order valence-electron chi connectivity index (χ3n) is 5.07. The molecule has 156 valence electrons. The maximum atomic E-state index is 12.2. The van der Waals surface area contributed by atoms with E-state index in [0.29, 0.717) is 19.7 Å². The standard InChI is InChI=1S/C26H30N2O2/c1-26(2,23-11-7-4-8-12-23)20-28-25(29)18-27-17-21-13-15-24(16-14-21)30-19-22-9-5-3-6-10-22/h3-16,27H,17-20H2,1-2H3,(H,28,29). The molecule has 0 saturated heterocycles. The van der Waals surface area contributed by atoms with Crippen LogP contribution in [0.5, 0.6) is 5.75 Å². The van der Waals surface area contributed by atoms with E-state index in [1.807, 2.05) is 72.8 Å². The second-order valence-electron chi connectivity index (χ2n) is 8.05. The van der Waals surface area contributed by atoms with Crippen LogP contribution in [0, 0.1) is 0 Å². The van der Waals surface area contributed by atoms with Gasteiger partial charge in [-0.15, -0.1) is 0 Å². The summed E-state index contributed by atoms with van der Waals surface area (Å²) < 4.78 is 5.81. The highest BCUT2D eigenvalue weighted by molar-refractivity contribution is 5.78. The molecule has 0 heterocycles. The molecule has 30 heavy (non-hydrogen) atoms. The van der Waals surface area contributed by atoms with Gasteiger partial charge in [0, 0.05) is 18.5 Å². The summed E-state index contributed by atoms with van der Waals surface area (Å²) in [5, 5.41) is 6.23. The third-order valence-corrected chi connectivity index (χ3v) is 5.07. The van der Waals surface area contributed by atoms with Crippen molar-refractivity contribution in [1.82, 2.24) is 10.6 Å². The molecular weight excluding hydrogens is 372 g/mol. The Morgan fingerprint density at radius 1 is 0.833 bits per heavy atom. The number of amides is 1. The highest BCUT2D eigenvalue weighted by Crippen LogP contribution is 2.21. The van der Waals surface area contributed by atoms with Crippen molar-refractivity contribution in [3.8, 4) is 5.75 Å². The second-order valence-corrected chi connectivity index (χ2v) is 8.05. The molecule has 0 spiro atoms. The topological polar surface area (TPSA) is 50.4 Å². The summed E-state index contributed by atoms with van der Waals surface area (Å²) >= 11 is 0. The number of benzene rings is 3. The molecule has 0 fully saturated rings. The average molecular weight is 403 g/mol. The SMILES string of the molecule is CC(C)(CNC(=O)CNCc1ccc(OCc2ccccc2)cc1)c1ccccc1. The molecule has 3 rings (SSSR count). The highest BCUT2D eigenvalue weighted by atomic mass is 16.5. The molecular formula is C26H30N2O2. The van der Waals surface area contributed by atoms with Crippen LogP contribution in [0.2, 0.25) is 0 Å². The maximum Gasteiger partial charge on any atom is 0.233 e. The fraction of sp³-hybridized carbons (Fsp3) is 0.269. The predicted molar refractivity (Wildman–Crippen MR) is 121 cm³/mol. The lowest BCUT2D eigenvalue weighted by molar-refractivity contribution is -0.120. The average Bonchev–Trinajstić information content (AvgIpc) is 2.78. The van der Waals surface area contributed by atoms with Crippen molar-refractivity contribution < 1.29 is 9.53 Å². The molecule has 0 aliphatic rings. The van der Waals surface area contributed by atoms with E-state index in [-0.39, 0.29) is 17.9 Å². The van der Waals surface area contributed by atoms with Crippen LogP contribution in [0.15, 0.2) is 84.9 Å². The van der Waals surface area contributed by atoms with Crippen molar-refractivity contribution >= 4 is 5.91 Å². The van der Waals surface area contributed by atoms with Crippen LogP contribution in [0.25, 0.3) is 0 Å². The number of nitrogens with one attached hydrogen (secondary N) is 2. The Morgan fingerprint density at radius 3 is 2.13 bits per heavy atom. The third kappa shape index (κ3) is 6.75. The van der Waals surface area contributed by atoms with E-state index in [1.165, 1.54) is 5.56 Å². The van der Waals surface area contributed by atoms with E-state index in [0.717, 1.165) is 16.9 Å². The quantitative estimate of drug-likeness (QED) is 0.527. The Balaban J connectivity index is 1.37. The molecule has 0 atom stereocenters. The van der Waals surface area contributed by atoms with Gasteiger partial charge in [-0.3, -0.25) is 4.79 Å². The minimum atomic E-state index is -0.105. The maximum absolute atomic E-state index is 12.2. The van der Waals surface area contributed by atoms with Gasteiger partial charge in [0.1, 0.15) is 12.4 Å². The molecule has 0 bridgehead atoms. The Hall–Kier alpha value is -3.11. The first-order valence-electron chi connectivity index (χ1n) is 10.3. The van der Waals surface area contributed by atoms with E-state index in [2.05, 4.69) is 36.6 Å². The second kappa shape index (κ2) is 10.6. The van der Waals surface area contributed by atoms with Crippen LogP contribution in [0.4, 0.5) is 0 Å². The molecule has 0 aromatic heterocycles. The first-order valence-corrected chi connectivity index (χ1v) is 10.3. The lowest BCUT2D eigenvalue weighted by Gasteiger charge is -2.25. The van der Waals surface area contributed by atoms with Crippen molar-refractivity contribution in [3.05, 3.63) is 102 Å². The van der Waals surface area contributed by atoms with Crippen LogP contribution >= 0.6 is 0 Å². The minimum absolute atomic E-state index is 0.00169. The first-order chi connectivity index (χ1) is 14.5. The van der Waals surface area contributed by atoms with Crippen molar-refractivity contribution in [2.45, 2.75) is 32.4 Å². The van der Waals surface area contributed by atoms with Crippen LogP contribution in [-0.4, -0.2) is 19.0 Å². The summed E-state index contributed by atoms with van der Waals surface area (Å²) in [7, 11) is 0. The Morgan fingerprint density at radius 2 is 1.47 bits per heavy atom. The summed E-state index contributed by atoms with van der Waals surface area (Å²) in [6, 6.07) is 28.3. The number of carbonyl (C=O) groups is 1. The van der Waals surface area contributed by atoms with E-state index in [1.54, 1.807) is 0 Å². The zero-order valence-electron chi connectivity index (χ0n) is 17.7. The van der Waals surface area contributed by atoms with Crippen LogP contribution in [0.1, 0.15) is 30.5 Å². The summed E-state index contributed by atoms with van der Waals surface area (Å²) in [6.45, 7) is 6.35. The summed E-state index contributed by atoms with van der Waals surface area (Å²) in [6.07, 6.45) is 0. The molecule has 0 aliphatic heterocycles. The molecule has 0 unspecified atom stereocenters. The lowest BCUT2D eigenvalue weighted by Crippen LogP contribution is -2.40. The Bertz CT molecular complexity index is 907. The van der Waals surface area contributed by atoms with Crippen molar-refractivity contribution in [2.75, 3.05) is 13.1 Å². The fourth-order valence-electron chi connectivity index (χ4n) is 3.14. The van der Waals surface area contributed by atoms with Gasteiger partial charge < -0.3 is 15.4 Å². The van der Waals surface area contributed by atoms with Gasteiger partial charge >= 0.3 is 0 Å². The van der Waals surface area contributed by atoms with E-state index >= 15 is 0 Å². The molecule has 1 amide bonds. The van der Waals surface area contributed by atoms with Crippen LogP contribution < -0.4 is 15.4 Å². The van der Waals surface area contributed by atoms with E-state index in [9.17, 15) is 4.79 Å². The number of hydrogen-bond acceptors (Lipinski definition) is 3. The smallest absolute Gasteiger partial charge is 0.233 e. The van der Waals surface area contributed by atoms with Crippen LogP contribution in [0.3, 0.4) is 0 Å². The van der Waals surface area contributed by atoms with Gasteiger partial charge in [-0.25, -0.2) is 0 Å². The summed E-state index contributed by atoms with van der Waals surface area (Å²) in [5.74, 6) is 0.838. The predicted octanol–water partition coefficient (Wildman–Crippen LogP) is 4.45. The summed E-state index contributed by atoms with van der Waals surface area (Å²) in [5.41, 5.74) is 3.36. The Kier molecular flexibility index (Phi) is 7.63. The number of rotatable bonds is 10. The van der Waals surface area contributed by atoms with E-state index < -0.39 is 0 Å². The largest absolute Gasteiger partial charge is 0.489 e. The molecule has 0 saturated carbocycles. The van der Waals surface area contributed by atoms with Crippen molar-refractivity contribution in [3.63, 3.8) is 0 Å². The van der Waals surface area contributed by atoms with Crippen LogP contribution in [-0.2, 0) is 23.4 Å². The van der Waals surface area contributed by atoms with Gasteiger partial charge in [-0.1, -0.05) is 86.6 Å². The van der Waals surface area contributed by atoms with E-state index in [4.69, 9.17) is 4.74 Å². The molecule has 3 aromatic rings. The molecule has 2 N–H and O–H groups in total. The first kappa shape index (κ1) is 21.6. The van der Waals surface area contributed by atoms with Gasteiger partial charge in [-0.05, 0) is 28.8 Å². The van der Waals surface area contributed by atoms with Crippen molar-refractivity contribution in [2.24, 2.45) is 0 Å². The molecule has 0 aliphatic carbocycles. The van der Waals surface area contributed by atoms with Gasteiger partial charge in [0.15, 0.2) is 0 Å². The zero-order chi connectivity index (χ0) is 21.2. The molecule has 0 radical (unpaired) electrons. The number of hydrogen-bond donors (Lipinski definition) is 2. The monoisotopic (exact) mass is 402 g/mol. The van der Waals surface area contributed by atoms with Gasteiger partial charge in [0.25, 0.3) is 0 Å². The van der Waals surface area contributed by atoms with Gasteiger partial charge in [0.2, 0.25) is 5.91 Å². The van der Waals surface area contributed by atoms with Crippen molar-refractivity contribution in [1.29, 1.82) is 0 Å². The highest BCUT2D eigenvalue weighted by Gasteiger charge is 2.20.